The predicted octanol–water partition coefficient (Wildman–Crippen LogP) is 3.16. The van der Waals surface area contributed by atoms with Crippen molar-refractivity contribution >= 4 is 22.0 Å². The van der Waals surface area contributed by atoms with Gasteiger partial charge in [0.15, 0.2) is 0 Å². The van der Waals surface area contributed by atoms with Crippen molar-refractivity contribution in [1.29, 1.82) is 0 Å². The van der Waals surface area contributed by atoms with E-state index in [-0.39, 0.29) is 24.8 Å². The highest BCUT2D eigenvalue weighted by Gasteiger charge is 2.19. The SMILES string of the molecule is CC(C)(C)OC(=O)NCC(CN)c1cc(Br)ccc1F. The third-order valence-electron chi connectivity index (χ3n) is 2.57. The van der Waals surface area contributed by atoms with E-state index < -0.39 is 11.7 Å². The number of ether oxygens (including phenoxy) is 1. The number of nitrogens with one attached hydrogen (secondary N) is 1. The maximum atomic E-state index is 13.8. The number of carbonyl (C=O) groups is 1. The maximum absolute atomic E-state index is 13.8. The Morgan fingerprint density at radius 2 is 2.15 bits per heavy atom. The van der Waals surface area contributed by atoms with Crippen LogP contribution in [0.4, 0.5) is 9.18 Å². The summed E-state index contributed by atoms with van der Waals surface area (Å²) < 4.78 is 19.7. The molecule has 0 bridgehead atoms. The zero-order valence-electron chi connectivity index (χ0n) is 11.9. The van der Waals surface area contributed by atoms with E-state index in [1.807, 2.05) is 0 Å². The van der Waals surface area contributed by atoms with Crippen LogP contribution >= 0.6 is 15.9 Å². The molecule has 1 rings (SSSR count). The summed E-state index contributed by atoms with van der Waals surface area (Å²) in [6.45, 7) is 5.78. The summed E-state index contributed by atoms with van der Waals surface area (Å²) >= 11 is 3.29. The molecule has 3 N–H and O–H groups in total. The number of carbonyl (C=O) groups excluding carboxylic acids is 1. The number of hydrogen-bond donors (Lipinski definition) is 2. The Labute approximate surface area is 127 Å². The highest BCUT2D eigenvalue weighted by atomic mass is 79.9. The lowest BCUT2D eigenvalue weighted by Gasteiger charge is -2.22. The molecule has 1 atom stereocenters. The second-order valence-electron chi connectivity index (χ2n) is 5.48. The van der Waals surface area contributed by atoms with E-state index in [1.54, 1.807) is 32.9 Å². The Bertz CT molecular complexity index is 475. The van der Waals surface area contributed by atoms with Gasteiger partial charge in [-0.1, -0.05) is 15.9 Å². The minimum Gasteiger partial charge on any atom is -0.444 e. The quantitative estimate of drug-likeness (QED) is 0.879. The van der Waals surface area contributed by atoms with Gasteiger partial charge in [0.25, 0.3) is 0 Å². The largest absolute Gasteiger partial charge is 0.444 e. The van der Waals surface area contributed by atoms with Crippen molar-refractivity contribution in [3.63, 3.8) is 0 Å². The summed E-state index contributed by atoms with van der Waals surface area (Å²) in [5, 5.41) is 2.61. The van der Waals surface area contributed by atoms with Crippen LogP contribution in [-0.4, -0.2) is 24.8 Å². The number of benzene rings is 1. The minimum absolute atomic E-state index is 0.221. The Balaban J connectivity index is 2.68. The van der Waals surface area contributed by atoms with Crippen molar-refractivity contribution in [2.75, 3.05) is 13.1 Å². The Kier molecular flexibility index (Phi) is 5.95. The first kappa shape index (κ1) is 16.9. The van der Waals surface area contributed by atoms with Crippen molar-refractivity contribution in [3.05, 3.63) is 34.1 Å². The molecule has 0 aromatic heterocycles. The predicted molar refractivity (Wildman–Crippen MR) is 80.1 cm³/mol. The molecule has 112 valence electrons. The van der Waals surface area contributed by atoms with E-state index in [2.05, 4.69) is 21.2 Å². The van der Waals surface area contributed by atoms with E-state index in [0.717, 1.165) is 4.47 Å². The van der Waals surface area contributed by atoms with Crippen LogP contribution in [0.15, 0.2) is 22.7 Å². The number of hydrogen-bond acceptors (Lipinski definition) is 3. The Hall–Kier alpha value is -1.14. The topological polar surface area (TPSA) is 64.3 Å². The van der Waals surface area contributed by atoms with Crippen LogP contribution in [0.5, 0.6) is 0 Å². The van der Waals surface area contributed by atoms with Crippen LogP contribution in [-0.2, 0) is 4.74 Å². The summed E-state index contributed by atoms with van der Waals surface area (Å²) in [4.78, 5) is 11.6. The van der Waals surface area contributed by atoms with Gasteiger partial charge in [0.2, 0.25) is 0 Å². The molecule has 0 radical (unpaired) electrons. The fourth-order valence-corrected chi connectivity index (χ4v) is 2.05. The highest BCUT2D eigenvalue weighted by molar-refractivity contribution is 9.10. The van der Waals surface area contributed by atoms with Crippen molar-refractivity contribution in [2.45, 2.75) is 32.3 Å². The van der Waals surface area contributed by atoms with Gasteiger partial charge in [0.1, 0.15) is 11.4 Å². The molecule has 1 aromatic rings. The molecule has 0 fully saturated rings. The normalized spacial score (nSPS) is 12.9. The summed E-state index contributed by atoms with van der Waals surface area (Å²) in [5.41, 5.74) is 5.57. The van der Waals surface area contributed by atoms with Crippen LogP contribution in [0.1, 0.15) is 32.3 Å². The van der Waals surface area contributed by atoms with Gasteiger partial charge in [-0.05, 0) is 44.5 Å². The van der Waals surface area contributed by atoms with Gasteiger partial charge in [-0.25, -0.2) is 9.18 Å². The van der Waals surface area contributed by atoms with Crippen LogP contribution in [0.2, 0.25) is 0 Å². The lowest BCUT2D eigenvalue weighted by Crippen LogP contribution is -2.36. The molecule has 20 heavy (non-hydrogen) atoms. The third-order valence-corrected chi connectivity index (χ3v) is 3.07. The maximum Gasteiger partial charge on any atom is 0.407 e. The molecule has 6 heteroatoms. The van der Waals surface area contributed by atoms with E-state index >= 15 is 0 Å². The van der Waals surface area contributed by atoms with Gasteiger partial charge in [-0.2, -0.15) is 0 Å². The Morgan fingerprint density at radius 1 is 1.50 bits per heavy atom. The number of amides is 1. The van der Waals surface area contributed by atoms with Crippen LogP contribution in [0, 0.1) is 5.82 Å². The average molecular weight is 347 g/mol. The van der Waals surface area contributed by atoms with Gasteiger partial charge in [0, 0.05) is 23.5 Å². The van der Waals surface area contributed by atoms with E-state index in [4.69, 9.17) is 10.5 Å². The first-order chi connectivity index (χ1) is 9.23. The van der Waals surface area contributed by atoms with Gasteiger partial charge >= 0.3 is 6.09 Å². The summed E-state index contributed by atoms with van der Waals surface area (Å²) in [6, 6.07) is 4.66. The monoisotopic (exact) mass is 346 g/mol. The molecular weight excluding hydrogens is 327 g/mol. The van der Waals surface area contributed by atoms with Crippen molar-refractivity contribution in [2.24, 2.45) is 5.73 Å². The van der Waals surface area contributed by atoms with Crippen LogP contribution in [0.3, 0.4) is 0 Å². The van der Waals surface area contributed by atoms with Crippen molar-refractivity contribution in [3.8, 4) is 0 Å². The average Bonchev–Trinajstić information content (AvgIpc) is 2.32. The summed E-state index contributed by atoms with van der Waals surface area (Å²) in [5.74, 6) is -0.644. The standard InChI is InChI=1S/C14H20BrFN2O2/c1-14(2,3)20-13(19)18-8-9(7-17)11-6-10(15)4-5-12(11)16/h4-6,9H,7-8,17H2,1-3H3,(H,18,19). The fourth-order valence-electron chi connectivity index (χ4n) is 1.67. The molecule has 4 nitrogen and oxygen atoms in total. The molecule has 1 unspecified atom stereocenters. The molecular formula is C14H20BrFN2O2. The van der Waals surface area contributed by atoms with E-state index in [1.165, 1.54) is 6.07 Å². The van der Waals surface area contributed by atoms with Gasteiger partial charge in [-0.15, -0.1) is 0 Å². The first-order valence-electron chi connectivity index (χ1n) is 6.35. The van der Waals surface area contributed by atoms with Gasteiger partial charge in [-0.3, -0.25) is 0 Å². The minimum atomic E-state index is -0.566. The molecule has 0 spiro atoms. The number of alkyl carbamates (subject to hydrolysis) is 1. The smallest absolute Gasteiger partial charge is 0.407 e. The summed E-state index contributed by atoms with van der Waals surface area (Å²) in [7, 11) is 0. The molecule has 0 aliphatic rings. The first-order valence-corrected chi connectivity index (χ1v) is 7.14. The third kappa shape index (κ3) is 5.46. The highest BCUT2D eigenvalue weighted by Crippen LogP contribution is 2.22. The fraction of sp³-hybridized carbons (Fsp3) is 0.500. The second-order valence-corrected chi connectivity index (χ2v) is 6.40. The number of nitrogens with two attached hydrogens (primary N) is 1. The molecule has 0 saturated carbocycles. The molecule has 0 aliphatic heterocycles. The Morgan fingerprint density at radius 3 is 2.70 bits per heavy atom. The lowest BCUT2D eigenvalue weighted by atomic mass is 9.99. The molecule has 1 amide bonds. The second kappa shape index (κ2) is 7.04. The number of rotatable bonds is 4. The van der Waals surface area contributed by atoms with Gasteiger partial charge in [0.05, 0.1) is 0 Å². The van der Waals surface area contributed by atoms with Crippen molar-refractivity contribution in [1.82, 2.24) is 5.32 Å². The van der Waals surface area contributed by atoms with Crippen LogP contribution in [0.25, 0.3) is 0 Å². The van der Waals surface area contributed by atoms with E-state index in [0.29, 0.717) is 5.56 Å². The van der Waals surface area contributed by atoms with E-state index in [9.17, 15) is 9.18 Å². The molecule has 0 aliphatic carbocycles. The molecule has 0 heterocycles. The van der Waals surface area contributed by atoms with Crippen LogP contribution < -0.4 is 11.1 Å². The van der Waals surface area contributed by atoms with Gasteiger partial charge < -0.3 is 15.8 Å². The zero-order valence-corrected chi connectivity index (χ0v) is 13.5. The molecule has 1 aromatic carbocycles. The number of halogens is 2. The van der Waals surface area contributed by atoms with Crippen molar-refractivity contribution < 1.29 is 13.9 Å². The zero-order chi connectivity index (χ0) is 15.3. The summed E-state index contributed by atoms with van der Waals surface area (Å²) in [6.07, 6.45) is -0.536. The molecule has 0 saturated heterocycles. The lowest BCUT2D eigenvalue weighted by molar-refractivity contribution is 0.0524.